The molecule has 0 saturated carbocycles. The third-order valence-corrected chi connectivity index (χ3v) is 2.69. The Balaban J connectivity index is 3.14. The number of rotatable bonds is 6. The second-order valence-corrected chi connectivity index (χ2v) is 3.96. The van der Waals surface area contributed by atoms with E-state index in [9.17, 15) is 14.4 Å². The third-order valence-electron chi connectivity index (χ3n) is 2.69. The first kappa shape index (κ1) is 16.5. The van der Waals surface area contributed by atoms with Crippen molar-refractivity contribution in [3.63, 3.8) is 0 Å². The molecule has 0 fully saturated rings. The van der Waals surface area contributed by atoms with Gasteiger partial charge in [-0.1, -0.05) is 18.2 Å². The summed E-state index contributed by atoms with van der Waals surface area (Å²) in [6.07, 6.45) is -1.52. The topological polar surface area (TPSA) is 99.1 Å². The van der Waals surface area contributed by atoms with Crippen molar-refractivity contribution in [2.24, 2.45) is 0 Å². The first-order valence-electron chi connectivity index (χ1n) is 6.20. The zero-order valence-electron chi connectivity index (χ0n) is 11.7. The van der Waals surface area contributed by atoms with Gasteiger partial charge in [0.05, 0.1) is 19.3 Å². The molecule has 1 aromatic carbocycles. The summed E-state index contributed by atoms with van der Waals surface area (Å²) < 4.78 is 14.0. The maximum Gasteiger partial charge on any atom is 0.505 e. The molecule has 1 N–H and O–H groups in total. The molecule has 7 nitrogen and oxygen atoms in total. The van der Waals surface area contributed by atoms with E-state index in [1.807, 2.05) is 0 Å². The predicted molar refractivity (Wildman–Crippen MR) is 71.1 cm³/mol. The highest BCUT2D eigenvalue weighted by atomic mass is 16.7. The normalized spacial score (nSPS) is 11.3. The molecule has 7 heteroatoms. The molecule has 0 aromatic heterocycles. The van der Waals surface area contributed by atoms with E-state index in [4.69, 9.17) is 9.84 Å². The van der Waals surface area contributed by atoms with Crippen LogP contribution in [0.25, 0.3) is 0 Å². The Bertz CT molecular complexity index is 524. The van der Waals surface area contributed by atoms with Gasteiger partial charge < -0.3 is 19.3 Å². The fourth-order valence-corrected chi connectivity index (χ4v) is 1.78. The van der Waals surface area contributed by atoms with Crippen LogP contribution in [-0.2, 0) is 19.0 Å². The van der Waals surface area contributed by atoms with Crippen molar-refractivity contribution < 1.29 is 33.7 Å². The Hall–Kier alpha value is -2.57. The van der Waals surface area contributed by atoms with Crippen LogP contribution in [0, 0.1) is 0 Å². The van der Waals surface area contributed by atoms with Crippen LogP contribution in [0.5, 0.6) is 0 Å². The van der Waals surface area contributed by atoms with Gasteiger partial charge in [0.2, 0.25) is 0 Å². The molecule has 0 heterocycles. The van der Waals surface area contributed by atoms with Crippen LogP contribution in [0.1, 0.15) is 28.8 Å². The van der Waals surface area contributed by atoms with E-state index in [1.54, 1.807) is 19.1 Å². The van der Waals surface area contributed by atoms with Crippen LogP contribution < -0.4 is 0 Å². The lowest BCUT2D eigenvalue weighted by Crippen LogP contribution is -2.23. The lowest BCUT2D eigenvalue weighted by molar-refractivity contribution is -0.143. The standard InChI is InChI=1S/C14H16O7/c1-3-20-13(16)10-7-5-4-6-9(10)11(12(15)19-2)8-21-14(17)18/h4-7,11H,3,8H2,1-2H3,(H,17,18). The molecule has 1 unspecified atom stereocenters. The lowest BCUT2D eigenvalue weighted by atomic mass is 9.94. The average Bonchev–Trinajstić information content (AvgIpc) is 2.47. The van der Waals surface area contributed by atoms with E-state index >= 15 is 0 Å². The van der Waals surface area contributed by atoms with E-state index in [1.165, 1.54) is 19.2 Å². The van der Waals surface area contributed by atoms with Gasteiger partial charge in [0.1, 0.15) is 12.5 Å². The number of methoxy groups -OCH3 is 1. The lowest BCUT2D eigenvalue weighted by Gasteiger charge is -2.17. The highest BCUT2D eigenvalue weighted by Gasteiger charge is 2.28. The summed E-state index contributed by atoms with van der Waals surface area (Å²) in [5.74, 6) is -2.34. The minimum absolute atomic E-state index is 0.170. The predicted octanol–water partition coefficient (Wildman–Crippen LogP) is 1.81. The second-order valence-electron chi connectivity index (χ2n) is 3.96. The van der Waals surface area contributed by atoms with Crippen LogP contribution in [0.2, 0.25) is 0 Å². The van der Waals surface area contributed by atoms with Gasteiger partial charge in [-0.3, -0.25) is 4.79 Å². The molecule has 0 amide bonds. The molecular weight excluding hydrogens is 280 g/mol. The largest absolute Gasteiger partial charge is 0.505 e. The number of carbonyl (C=O) groups is 3. The number of carboxylic acid groups (broad SMARTS) is 1. The molecule has 0 bridgehead atoms. The first-order valence-corrected chi connectivity index (χ1v) is 6.20. The van der Waals surface area contributed by atoms with E-state index in [0.29, 0.717) is 5.56 Å². The van der Waals surface area contributed by atoms with Crippen LogP contribution >= 0.6 is 0 Å². The van der Waals surface area contributed by atoms with Crippen molar-refractivity contribution in [3.8, 4) is 0 Å². The average molecular weight is 296 g/mol. The van der Waals surface area contributed by atoms with Gasteiger partial charge in [-0.2, -0.15) is 0 Å². The first-order chi connectivity index (χ1) is 10.0. The van der Waals surface area contributed by atoms with E-state index < -0.39 is 30.6 Å². The minimum atomic E-state index is -1.52. The molecule has 1 atom stereocenters. The molecule has 0 aliphatic carbocycles. The number of benzene rings is 1. The molecule has 1 rings (SSSR count). The summed E-state index contributed by atoms with van der Waals surface area (Å²) >= 11 is 0. The van der Waals surface area contributed by atoms with Gasteiger partial charge in [0.25, 0.3) is 0 Å². The Kier molecular flexibility index (Phi) is 6.19. The Morgan fingerprint density at radius 3 is 2.43 bits per heavy atom. The fraction of sp³-hybridized carbons (Fsp3) is 0.357. The van der Waals surface area contributed by atoms with Gasteiger partial charge >= 0.3 is 18.1 Å². The number of hydrogen-bond donors (Lipinski definition) is 1. The SMILES string of the molecule is CCOC(=O)c1ccccc1C(COC(=O)O)C(=O)OC. The summed E-state index contributed by atoms with van der Waals surface area (Å²) in [7, 11) is 1.17. The van der Waals surface area contributed by atoms with Crippen LogP contribution in [0.4, 0.5) is 4.79 Å². The van der Waals surface area contributed by atoms with Crippen molar-refractivity contribution in [2.75, 3.05) is 20.3 Å². The molecule has 114 valence electrons. The molecule has 0 aliphatic heterocycles. The molecule has 0 radical (unpaired) electrons. The van der Waals surface area contributed by atoms with E-state index in [-0.39, 0.29) is 12.2 Å². The van der Waals surface area contributed by atoms with Gasteiger partial charge in [-0.05, 0) is 18.6 Å². The summed E-state index contributed by atoms with van der Waals surface area (Å²) in [6, 6.07) is 6.25. The van der Waals surface area contributed by atoms with Crippen molar-refractivity contribution in [1.29, 1.82) is 0 Å². The summed E-state index contributed by atoms with van der Waals surface area (Å²) in [5, 5.41) is 8.56. The van der Waals surface area contributed by atoms with Crippen LogP contribution in [-0.4, -0.2) is 43.5 Å². The Morgan fingerprint density at radius 1 is 1.19 bits per heavy atom. The number of hydrogen-bond acceptors (Lipinski definition) is 6. The number of carbonyl (C=O) groups excluding carboxylic acids is 2. The van der Waals surface area contributed by atoms with E-state index in [2.05, 4.69) is 9.47 Å². The molecule has 0 saturated heterocycles. The molecule has 0 aliphatic rings. The van der Waals surface area contributed by atoms with Crippen LogP contribution in [0.3, 0.4) is 0 Å². The van der Waals surface area contributed by atoms with Crippen molar-refractivity contribution >= 4 is 18.1 Å². The van der Waals surface area contributed by atoms with Crippen molar-refractivity contribution in [2.45, 2.75) is 12.8 Å². The second kappa shape index (κ2) is 7.88. The van der Waals surface area contributed by atoms with Crippen molar-refractivity contribution in [1.82, 2.24) is 0 Å². The summed E-state index contributed by atoms with van der Waals surface area (Å²) in [6.45, 7) is 1.39. The zero-order chi connectivity index (χ0) is 15.8. The zero-order valence-corrected chi connectivity index (χ0v) is 11.7. The van der Waals surface area contributed by atoms with Gasteiger partial charge in [0, 0.05) is 0 Å². The van der Waals surface area contributed by atoms with E-state index in [0.717, 1.165) is 0 Å². The fourth-order valence-electron chi connectivity index (χ4n) is 1.78. The van der Waals surface area contributed by atoms with Crippen molar-refractivity contribution in [3.05, 3.63) is 35.4 Å². The highest BCUT2D eigenvalue weighted by molar-refractivity contribution is 5.93. The molecular formula is C14H16O7. The smallest absolute Gasteiger partial charge is 0.468 e. The molecule has 0 spiro atoms. The highest BCUT2D eigenvalue weighted by Crippen LogP contribution is 2.23. The molecule has 1 aromatic rings. The van der Waals surface area contributed by atoms with Gasteiger partial charge in [-0.15, -0.1) is 0 Å². The minimum Gasteiger partial charge on any atom is -0.468 e. The number of esters is 2. The third kappa shape index (κ3) is 4.48. The quantitative estimate of drug-likeness (QED) is 0.631. The Morgan fingerprint density at radius 2 is 1.86 bits per heavy atom. The number of ether oxygens (including phenoxy) is 3. The van der Waals surface area contributed by atoms with Crippen LogP contribution in [0.15, 0.2) is 24.3 Å². The monoisotopic (exact) mass is 296 g/mol. The molecule has 21 heavy (non-hydrogen) atoms. The van der Waals surface area contributed by atoms with Gasteiger partial charge in [-0.25, -0.2) is 9.59 Å². The maximum atomic E-state index is 11.9. The maximum absolute atomic E-state index is 11.9. The van der Waals surface area contributed by atoms with Gasteiger partial charge in [0.15, 0.2) is 0 Å². The summed E-state index contributed by atoms with van der Waals surface area (Å²) in [4.78, 5) is 34.2. The summed E-state index contributed by atoms with van der Waals surface area (Å²) in [5.41, 5.74) is 0.466. The Labute approximate surface area is 121 Å².